The molecule has 4 aliphatic carbocycles. The Balaban J connectivity index is 1.53. The SMILES string of the molecule is CONCCC[C@@H](C)[C@H]1CC[C@@]2(C)[C@@H]3CC[C@H]4C(C)(C)[C@@H](OC(C)=O)CC[C@]4(C)[C@H]3CC[C@]12C. The quantitative estimate of drug-likeness (QED) is 0.241. The van der Waals surface area contributed by atoms with Crippen LogP contribution in [0.4, 0.5) is 0 Å². The summed E-state index contributed by atoms with van der Waals surface area (Å²) in [6, 6.07) is 0. The van der Waals surface area contributed by atoms with Gasteiger partial charge in [-0.25, -0.2) is 5.48 Å². The average molecular weight is 476 g/mol. The zero-order chi connectivity index (χ0) is 24.9. The van der Waals surface area contributed by atoms with Gasteiger partial charge in [-0.05, 0) is 110 Å². The van der Waals surface area contributed by atoms with Crippen molar-refractivity contribution in [3.05, 3.63) is 0 Å². The Kier molecular flexibility index (Phi) is 7.28. The molecule has 1 N–H and O–H groups in total. The summed E-state index contributed by atoms with van der Waals surface area (Å²) in [4.78, 5) is 16.9. The highest BCUT2D eigenvalue weighted by molar-refractivity contribution is 5.66. The fraction of sp³-hybridized carbons (Fsp3) is 0.967. The lowest BCUT2D eigenvalue weighted by Crippen LogP contribution is -2.62. The van der Waals surface area contributed by atoms with E-state index in [9.17, 15) is 4.79 Å². The van der Waals surface area contributed by atoms with E-state index >= 15 is 0 Å². The number of carbonyl (C=O) groups is 1. The van der Waals surface area contributed by atoms with E-state index in [1.165, 1.54) is 57.8 Å². The van der Waals surface area contributed by atoms with Gasteiger partial charge >= 0.3 is 5.97 Å². The minimum atomic E-state index is -0.111. The molecule has 0 aromatic carbocycles. The van der Waals surface area contributed by atoms with Crippen molar-refractivity contribution in [3.63, 3.8) is 0 Å². The second-order valence-electron chi connectivity index (χ2n) is 14.0. The molecule has 0 spiro atoms. The van der Waals surface area contributed by atoms with Gasteiger partial charge in [0.05, 0.1) is 7.11 Å². The summed E-state index contributed by atoms with van der Waals surface area (Å²) in [5.41, 5.74) is 4.40. The molecule has 0 saturated heterocycles. The van der Waals surface area contributed by atoms with E-state index in [1.807, 2.05) is 0 Å². The summed E-state index contributed by atoms with van der Waals surface area (Å²) >= 11 is 0. The zero-order valence-corrected chi connectivity index (χ0v) is 23.5. The molecule has 0 aromatic rings. The third kappa shape index (κ3) is 3.98. The number of fused-ring (bicyclic) bond motifs is 5. The standard InChI is InChI=1S/C30H53NO3/c1-20(10-9-19-31-33-8)22-13-17-30(7)24-11-12-25-27(3,4)26(34-21(2)32)15-16-28(25,5)23(24)14-18-29(22,30)6/h20,22-26,31H,9-19H2,1-8H3/t20-,22-,23+,24-,25+,26+,28-,29-,30+/m1/s1. The number of hydrogen-bond acceptors (Lipinski definition) is 4. The van der Waals surface area contributed by atoms with Crippen LogP contribution in [0, 0.1) is 51.2 Å². The number of rotatable bonds is 7. The Morgan fingerprint density at radius 3 is 2.32 bits per heavy atom. The Morgan fingerprint density at radius 2 is 1.65 bits per heavy atom. The predicted octanol–water partition coefficient (Wildman–Crippen LogP) is 7.17. The first-order valence-electron chi connectivity index (χ1n) is 14.3. The molecular weight excluding hydrogens is 422 g/mol. The number of esters is 1. The van der Waals surface area contributed by atoms with E-state index in [2.05, 4.69) is 47.0 Å². The second kappa shape index (κ2) is 9.36. The molecule has 4 rings (SSSR count). The summed E-state index contributed by atoms with van der Waals surface area (Å²) in [5, 5.41) is 0. The van der Waals surface area contributed by atoms with Gasteiger partial charge in [-0.2, -0.15) is 0 Å². The maximum atomic E-state index is 11.8. The van der Waals surface area contributed by atoms with Gasteiger partial charge in [-0.15, -0.1) is 0 Å². The van der Waals surface area contributed by atoms with Gasteiger partial charge in [0.1, 0.15) is 6.10 Å². The smallest absolute Gasteiger partial charge is 0.302 e. The van der Waals surface area contributed by atoms with Crippen LogP contribution in [-0.4, -0.2) is 25.7 Å². The van der Waals surface area contributed by atoms with Gasteiger partial charge in [-0.1, -0.05) is 41.5 Å². The number of hydroxylamine groups is 1. The lowest BCUT2D eigenvalue weighted by atomic mass is 9.38. The maximum Gasteiger partial charge on any atom is 0.302 e. The average Bonchev–Trinajstić information content (AvgIpc) is 3.04. The largest absolute Gasteiger partial charge is 0.462 e. The van der Waals surface area contributed by atoms with Crippen molar-refractivity contribution in [2.75, 3.05) is 13.7 Å². The van der Waals surface area contributed by atoms with Crippen LogP contribution in [0.5, 0.6) is 0 Å². The van der Waals surface area contributed by atoms with Crippen LogP contribution in [0.15, 0.2) is 0 Å². The molecule has 0 radical (unpaired) electrons. The monoisotopic (exact) mass is 475 g/mol. The third-order valence-corrected chi connectivity index (χ3v) is 12.5. The lowest BCUT2D eigenvalue weighted by Gasteiger charge is -2.67. The van der Waals surface area contributed by atoms with Gasteiger partial charge in [0, 0.05) is 18.9 Å². The Morgan fingerprint density at radius 1 is 0.941 bits per heavy atom. The number of hydrogen-bond donors (Lipinski definition) is 1. The normalized spacial score (nSPS) is 46.2. The van der Waals surface area contributed by atoms with E-state index in [1.54, 1.807) is 14.0 Å². The van der Waals surface area contributed by atoms with E-state index in [-0.39, 0.29) is 17.5 Å². The minimum Gasteiger partial charge on any atom is -0.462 e. The van der Waals surface area contributed by atoms with Crippen molar-refractivity contribution < 1.29 is 14.4 Å². The molecule has 4 saturated carbocycles. The number of ether oxygens (including phenoxy) is 1. The number of carbonyl (C=O) groups excluding carboxylic acids is 1. The summed E-state index contributed by atoms with van der Waals surface area (Å²) in [5.74, 6) is 3.84. The summed E-state index contributed by atoms with van der Waals surface area (Å²) in [6.07, 6.45) is 13.1. The fourth-order valence-corrected chi connectivity index (χ4v) is 10.6. The van der Waals surface area contributed by atoms with Gasteiger partial charge in [-0.3, -0.25) is 4.79 Å². The van der Waals surface area contributed by atoms with E-state index in [0.717, 1.165) is 36.6 Å². The lowest BCUT2D eigenvalue weighted by molar-refractivity contribution is -0.209. The van der Waals surface area contributed by atoms with Crippen molar-refractivity contribution in [2.24, 2.45) is 51.2 Å². The topological polar surface area (TPSA) is 47.6 Å². The Labute approximate surface area is 209 Å². The molecule has 34 heavy (non-hydrogen) atoms. The molecule has 4 heteroatoms. The van der Waals surface area contributed by atoms with Crippen LogP contribution < -0.4 is 5.48 Å². The molecule has 4 aliphatic rings. The molecule has 4 nitrogen and oxygen atoms in total. The van der Waals surface area contributed by atoms with Crippen LogP contribution >= 0.6 is 0 Å². The summed E-state index contributed by atoms with van der Waals surface area (Å²) in [6.45, 7) is 17.9. The number of nitrogens with one attached hydrogen (secondary N) is 1. The predicted molar refractivity (Wildman–Crippen MR) is 138 cm³/mol. The molecule has 4 fully saturated rings. The van der Waals surface area contributed by atoms with Crippen molar-refractivity contribution >= 4 is 5.97 Å². The molecule has 0 unspecified atom stereocenters. The first-order chi connectivity index (χ1) is 15.9. The van der Waals surface area contributed by atoms with Crippen molar-refractivity contribution in [2.45, 2.75) is 119 Å². The zero-order valence-electron chi connectivity index (χ0n) is 23.5. The summed E-state index contributed by atoms with van der Waals surface area (Å²) in [7, 11) is 1.71. The van der Waals surface area contributed by atoms with Crippen LogP contribution in [0.3, 0.4) is 0 Å². The molecule has 0 heterocycles. The first kappa shape index (κ1) is 26.5. The van der Waals surface area contributed by atoms with Crippen LogP contribution in [0.25, 0.3) is 0 Å². The van der Waals surface area contributed by atoms with Crippen molar-refractivity contribution in [1.82, 2.24) is 5.48 Å². The maximum absolute atomic E-state index is 11.8. The highest BCUT2D eigenvalue weighted by Gasteiger charge is 2.67. The molecule has 9 atom stereocenters. The molecule has 0 aliphatic heterocycles. The third-order valence-electron chi connectivity index (χ3n) is 12.5. The van der Waals surface area contributed by atoms with Crippen molar-refractivity contribution in [3.8, 4) is 0 Å². The highest BCUT2D eigenvalue weighted by atomic mass is 16.6. The minimum absolute atomic E-state index is 0.0637. The summed E-state index contributed by atoms with van der Waals surface area (Å²) < 4.78 is 5.88. The van der Waals surface area contributed by atoms with Crippen LogP contribution in [-0.2, 0) is 14.4 Å². The first-order valence-corrected chi connectivity index (χ1v) is 14.3. The van der Waals surface area contributed by atoms with Gasteiger partial charge in [0.15, 0.2) is 0 Å². The van der Waals surface area contributed by atoms with Gasteiger partial charge in [0.2, 0.25) is 0 Å². The van der Waals surface area contributed by atoms with Crippen molar-refractivity contribution in [1.29, 1.82) is 0 Å². The van der Waals surface area contributed by atoms with Crippen LogP contribution in [0.2, 0.25) is 0 Å². The Hall–Kier alpha value is -0.610. The van der Waals surface area contributed by atoms with Gasteiger partial charge in [0.25, 0.3) is 0 Å². The molecule has 196 valence electrons. The van der Waals surface area contributed by atoms with Gasteiger partial charge < -0.3 is 9.57 Å². The van der Waals surface area contributed by atoms with E-state index in [4.69, 9.17) is 9.57 Å². The Bertz CT molecular complexity index is 751. The molecular formula is C30H53NO3. The van der Waals surface area contributed by atoms with E-state index < -0.39 is 0 Å². The van der Waals surface area contributed by atoms with Crippen LogP contribution in [0.1, 0.15) is 113 Å². The molecule has 0 aromatic heterocycles. The van der Waals surface area contributed by atoms with E-state index in [0.29, 0.717) is 22.2 Å². The highest BCUT2D eigenvalue weighted by Crippen LogP contribution is 2.74. The fourth-order valence-electron chi connectivity index (χ4n) is 10.6. The molecule has 0 amide bonds. The molecule has 0 bridgehead atoms. The second-order valence-corrected chi connectivity index (χ2v) is 14.0.